The molecule has 0 spiro atoms. The third-order valence-corrected chi connectivity index (χ3v) is 4.68. The van der Waals surface area contributed by atoms with Crippen molar-refractivity contribution in [3.05, 3.63) is 0 Å². The monoisotopic (exact) mass is 282 g/mol. The quantitative estimate of drug-likeness (QED) is 0.709. The standard InChI is InChI=1S/C15H30N4O/c1-2-17-14(15(16)20)7-11-18-10-6-13(12-18)19-8-4-3-5-9-19/h13-14,17H,2-12H2,1H3,(H2,16,20). The van der Waals surface area contributed by atoms with Gasteiger partial charge in [0.05, 0.1) is 6.04 Å². The van der Waals surface area contributed by atoms with Crippen molar-refractivity contribution in [2.24, 2.45) is 5.73 Å². The lowest BCUT2D eigenvalue weighted by molar-refractivity contribution is -0.120. The van der Waals surface area contributed by atoms with E-state index in [1.807, 2.05) is 6.92 Å². The maximum atomic E-state index is 11.3. The van der Waals surface area contributed by atoms with Crippen LogP contribution in [0.5, 0.6) is 0 Å². The second-order valence-corrected chi connectivity index (χ2v) is 6.14. The Morgan fingerprint density at radius 1 is 1.30 bits per heavy atom. The molecule has 0 aliphatic carbocycles. The van der Waals surface area contributed by atoms with Gasteiger partial charge in [-0.15, -0.1) is 0 Å². The van der Waals surface area contributed by atoms with Gasteiger partial charge in [0.15, 0.2) is 0 Å². The van der Waals surface area contributed by atoms with E-state index in [9.17, 15) is 4.79 Å². The van der Waals surface area contributed by atoms with Crippen LogP contribution in [0.1, 0.15) is 39.0 Å². The summed E-state index contributed by atoms with van der Waals surface area (Å²) in [6.45, 7) is 8.67. The third kappa shape index (κ3) is 4.43. The Hall–Kier alpha value is -0.650. The van der Waals surface area contributed by atoms with E-state index < -0.39 is 0 Å². The van der Waals surface area contributed by atoms with E-state index in [2.05, 4.69) is 15.1 Å². The van der Waals surface area contributed by atoms with Crippen LogP contribution in [0.3, 0.4) is 0 Å². The average Bonchev–Trinajstić information content (AvgIpc) is 2.93. The minimum absolute atomic E-state index is 0.172. The van der Waals surface area contributed by atoms with E-state index in [0.717, 1.165) is 32.1 Å². The first kappa shape index (κ1) is 15.7. The van der Waals surface area contributed by atoms with E-state index in [1.54, 1.807) is 0 Å². The topological polar surface area (TPSA) is 61.6 Å². The Balaban J connectivity index is 1.71. The number of likely N-dealkylation sites (tertiary alicyclic amines) is 2. The number of carbonyl (C=O) groups excluding carboxylic acids is 1. The number of hydrogen-bond donors (Lipinski definition) is 2. The van der Waals surface area contributed by atoms with Crippen LogP contribution < -0.4 is 11.1 Å². The van der Waals surface area contributed by atoms with E-state index in [1.165, 1.54) is 45.3 Å². The lowest BCUT2D eigenvalue weighted by Crippen LogP contribution is -2.44. The highest BCUT2D eigenvalue weighted by atomic mass is 16.1. The van der Waals surface area contributed by atoms with Crippen molar-refractivity contribution in [1.29, 1.82) is 0 Å². The molecule has 2 aliphatic rings. The molecule has 0 aromatic heterocycles. The fourth-order valence-corrected chi connectivity index (χ4v) is 3.50. The van der Waals surface area contributed by atoms with Crippen LogP contribution in [0.25, 0.3) is 0 Å². The molecule has 3 N–H and O–H groups in total. The van der Waals surface area contributed by atoms with E-state index in [4.69, 9.17) is 5.73 Å². The smallest absolute Gasteiger partial charge is 0.234 e. The molecule has 2 rings (SSSR count). The molecule has 2 unspecified atom stereocenters. The van der Waals surface area contributed by atoms with Crippen LogP contribution in [-0.2, 0) is 4.79 Å². The zero-order valence-corrected chi connectivity index (χ0v) is 12.8. The summed E-state index contributed by atoms with van der Waals surface area (Å²) >= 11 is 0. The fourth-order valence-electron chi connectivity index (χ4n) is 3.50. The summed E-state index contributed by atoms with van der Waals surface area (Å²) in [5.74, 6) is -0.223. The van der Waals surface area contributed by atoms with Crippen molar-refractivity contribution in [1.82, 2.24) is 15.1 Å². The molecule has 5 heteroatoms. The third-order valence-electron chi connectivity index (χ3n) is 4.68. The summed E-state index contributed by atoms with van der Waals surface area (Å²) in [4.78, 5) is 16.5. The molecule has 0 bridgehead atoms. The van der Waals surface area contributed by atoms with Gasteiger partial charge >= 0.3 is 0 Å². The lowest BCUT2D eigenvalue weighted by atomic mass is 10.1. The zero-order valence-electron chi connectivity index (χ0n) is 12.8. The van der Waals surface area contributed by atoms with Crippen molar-refractivity contribution < 1.29 is 4.79 Å². The summed E-state index contributed by atoms with van der Waals surface area (Å²) in [5.41, 5.74) is 5.42. The molecule has 1 amide bonds. The molecule has 5 nitrogen and oxygen atoms in total. The number of piperidine rings is 1. The largest absolute Gasteiger partial charge is 0.368 e. The van der Waals surface area contributed by atoms with Gasteiger partial charge in [-0.25, -0.2) is 0 Å². The van der Waals surface area contributed by atoms with E-state index in [-0.39, 0.29) is 11.9 Å². The van der Waals surface area contributed by atoms with Gasteiger partial charge in [-0.05, 0) is 51.9 Å². The summed E-state index contributed by atoms with van der Waals surface area (Å²) in [5, 5.41) is 3.17. The molecule has 0 saturated carbocycles. The van der Waals surface area contributed by atoms with Gasteiger partial charge in [0.2, 0.25) is 5.91 Å². The Bertz CT molecular complexity index is 304. The molecule has 2 fully saturated rings. The normalized spacial score (nSPS) is 26.8. The number of carbonyl (C=O) groups is 1. The maximum Gasteiger partial charge on any atom is 0.234 e. The van der Waals surface area contributed by atoms with Crippen LogP contribution in [0, 0.1) is 0 Å². The molecule has 0 aromatic carbocycles. The molecular weight excluding hydrogens is 252 g/mol. The predicted molar refractivity (Wildman–Crippen MR) is 81.5 cm³/mol. The van der Waals surface area contributed by atoms with Gasteiger partial charge in [-0.3, -0.25) is 9.69 Å². The Morgan fingerprint density at radius 2 is 2.05 bits per heavy atom. The minimum atomic E-state index is -0.223. The molecule has 0 aromatic rings. The number of amides is 1. The number of primary amides is 1. The number of nitrogens with zero attached hydrogens (tertiary/aromatic N) is 2. The van der Waals surface area contributed by atoms with Crippen LogP contribution in [-0.4, -0.2) is 67.1 Å². The maximum absolute atomic E-state index is 11.3. The summed E-state index contributed by atoms with van der Waals surface area (Å²) in [6.07, 6.45) is 6.23. The van der Waals surface area contributed by atoms with Gasteiger partial charge in [-0.2, -0.15) is 0 Å². The average molecular weight is 282 g/mol. The van der Waals surface area contributed by atoms with E-state index >= 15 is 0 Å². The fraction of sp³-hybridized carbons (Fsp3) is 0.933. The van der Waals surface area contributed by atoms with Crippen LogP contribution in [0.4, 0.5) is 0 Å². The molecule has 116 valence electrons. The molecule has 2 heterocycles. The van der Waals surface area contributed by atoms with Crippen molar-refractivity contribution in [3.63, 3.8) is 0 Å². The highest BCUT2D eigenvalue weighted by Gasteiger charge is 2.28. The van der Waals surface area contributed by atoms with Gasteiger partial charge in [0.25, 0.3) is 0 Å². The van der Waals surface area contributed by atoms with Gasteiger partial charge in [0, 0.05) is 19.1 Å². The Labute approximate surface area is 122 Å². The molecule has 2 aliphatic heterocycles. The van der Waals surface area contributed by atoms with Crippen LogP contribution in [0.15, 0.2) is 0 Å². The number of likely N-dealkylation sites (N-methyl/N-ethyl adjacent to an activating group) is 1. The summed E-state index contributed by atoms with van der Waals surface area (Å²) in [7, 11) is 0. The van der Waals surface area contributed by atoms with Crippen molar-refractivity contribution in [3.8, 4) is 0 Å². The zero-order chi connectivity index (χ0) is 14.4. The first-order valence-electron chi connectivity index (χ1n) is 8.19. The van der Waals surface area contributed by atoms with Gasteiger partial charge < -0.3 is 16.0 Å². The molecule has 2 saturated heterocycles. The minimum Gasteiger partial charge on any atom is -0.368 e. The first-order chi connectivity index (χ1) is 9.70. The van der Waals surface area contributed by atoms with Crippen LogP contribution in [0.2, 0.25) is 0 Å². The van der Waals surface area contributed by atoms with Crippen molar-refractivity contribution >= 4 is 5.91 Å². The number of rotatable bonds is 7. The van der Waals surface area contributed by atoms with Crippen molar-refractivity contribution in [2.75, 3.05) is 39.3 Å². The SMILES string of the molecule is CCNC(CCN1CCC(N2CCCCC2)C1)C(N)=O. The second kappa shape index (κ2) is 7.96. The highest BCUT2D eigenvalue weighted by Crippen LogP contribution is 2.20. The van der Waals surface area contributed by atoms with E-state index in [0.29, 0.717) is 0 Å². The van der Waals surface area contributed by atoms with Gasteiger partial charge in [-0.1, -0.05) is 13.3 Å². The lowest BCUT2D eigenvalue weighted by Gasteiger charge is -2.32. The van der Waals surface area contributed by atoms with Crippen LogP contribution >= 0.6 is 0 Å². The molecule has 20 heavy (non-hydrogen) atoms. The van der Waals surface area contributed by atoms with Crippen molar-refractivity contribution in [2.45, 2.75) is 51.1 Å². The summed E-state index contributed by atoms with van der Waals surface area (Å²) in [6, 6.07) is 0.565. The van der Waals surface area contributed by atoms with Gasteiger partial charge in [0.1, 0.15) is 0 Å². The first-order valence-corrected chi connectivity index (χ1v) is 8.19. The summed E-state index contributed by atoms with van der Waals surface area (Å²) < 4.78 is 0. The molecule has 0 radical (unpaired) electrons. The number of nitrogens with one attached hydrogen (secondary N) is 1. The predicted octanol–water partition coefficient (Wildman–Crippen LogP) is 0.400. The number of nitrogens with two attached hydrogens (primary N) is 1. The Kier molecular flexibility index (Phi) is 6.26. The highest BCUT2D eigenvalue weighted by molar-refractivity contribution is 5.79. The molecule has 2 atom stereocenters. The Morgan fingerprint density at radius 3 is 2.70 bits per heavy atom. The molecular formula is C15H30N4O. The number of hydrogen-bond acceptors (Lipinski definition) is 4. The second-order valence-electron chi connectivity index (χ2n) is 6.14.